The molecule has 2 aromatic carbocycles. The Bertz CT molecular complexity index is 644. The van der Waals surface area contributed by atoms with Crippen LogP contribution in [0.1, 0.15) is 12.0 Å². The predicted molar refractivity (Wildman–Crippen MR) is 109 cm³/mol. The number of hydrogen-bond donors (Lipinski definition) is 1. The lowest BCUT2D eigenvalue weighted by Gasteiger charge is -2.27. The van der Waals surface area contributed by atoms with Gasteiger partial charge in [0.2, 0.25) is 0 Å². The van der Waals surface area contributed by atoms with Crippen LogP contribution < -0.4 is 10.1 Å². The minimum atomic E-state index is 0.743. The molecule has 5 heteroatoms. The van der Waals surface area contributed by atoms with E-state index in [1.807, 2.05) is 30.3 Å². The quantitative estimate of drug-likeness (QED) is 0.725. The summed E-state index contributed by atoms with van der Waals surface area (Å²) in [5.74, 6) is 0.837. The molecule has 0 heterocycles. The van der Waals surface area contributed by atoms with Gasteiger partial charge in [-0.05, 0) is 69.1 Å². The third kappa shape index (κ3) is 6.72. The molecule has 0 aliphatic rings. The SMILES string of the molecule is COc1ccc(NC(=S)N(CCCN(C)C)Cc2ccccc2)cc1. The molecule has 0 radical (unpaired) electrons. The molecule has 0 aliphatic carbocycles. The summed E-state index contributed by atoms with van der Waals surface area (Å²) in [5, 5.41) is 4.08. The maximum Gasteiger partial charge on any atom is 0.173 e. The van der Waals surface area contributed by atoms with Gasteiger partial charge in [0.1, 0.15) is 5.75 Å². The van der Waals surface area contributed by atoms with Crippen molar-refractivity contribution >= 4 is 23.0 Å². The van der Waals surface area contributed by atoms with E-state index in [1.165, 1.54) is 5.56 Å². The summed E-state index contributed by atoms with van der Waals surface area (Å²) < 4.78 is 5.20. The van der Waals surface area contributed by atoms with Crippen molar-refractivity contribution in [2.75, 3.05) is 39.6 Å². The van der Waals surface area contributed by atoms with Crippen LogP contribution in [0.2, 0.25) is 0 Å². The van der Waals surface area contributed by atoms with E-state index < -0.39 is 0 Å². The Kier molecular flexibility index (Phi) is 7.70. The first-order chi connectivity index (χ1) is 12.1. The van der Waals surface area contributed by atoms with Crippen LogP contribution in [0, 0.1) is 0 Å². The molecule has 0 fully saturated rings. The maximum atomic E-state index is 5.67. The van der Waals surface area contributed by atoms with Crippen molar-refractivity contribution in [3.8, 4) is 5.75 Å². The number of methoxy groups -OCH3 is 1. The number of hydrogen-bond acceptors (Lipinski definition) is 3. The third-order valence-corrected chi connectivity index (χ3v) is 4.24. The molecule has 0 aliphatic heterocycles. The van der Waals surface area contributed by atoms with Gasteiger partial charge in [-0.25, -0.2) is 0 Å². The van der Waals surface area contributed by atoms with Gasteiger partial charge in [-0.15, -0.1) is 0 Å². The fraction of sp³-hybridized carbons (Fsp3) is 0.350. The fourth-order valence-corrected chi connectivity index (χ4v) is 2.78. The molecule has 0 amide bonds. The van der Waals surface area contributed by atoms with Gasteiger partial charge < -0.3 is 19.9 Å². The smallest absolute Gasteiger partial charge is 0.173 e. The van der Waals surface area contributed by atoms with E-state index in [1.54, 1.807) is 7.11 Å². The van der Waals surface area contributed by atoms with Gasteiger partial charge in [-0.3, -0.25) is 0 Å². The van der Waals surface area contributed by atoms with E-state index in [0.717, 1.165) is 42.6 Å². The Morgan fingerprint density at radius 3 is 2.28 bits per heavy atom. The third-order valence-electron chi connectivity index (χ3n) is 3.88. The zero-order chi connectivity index (χ0) is 18.1. The summed E-state index contributed by atoms with van der Waals surface area (Å²) >= 11 is 5.67. The lowest BCUT2D eigenvalue weighted by Crippen LogP contribution is -2.36. The van der Waals surface area contributed by atoms with Crippen molar-refractivity contribution in [2.45, 2.75) is 13.0 Å². The highest BCUT2D eigenvalue weighted by Crippen LogP contribution is 2.16. The molecule has 4 nitrogen and oxygen atoms in total. The molecule has 2 aromatic rings. The highest BCUT2D eigenvalue weighted by Gasteiger charge is 2.11. The molecule has 25 heavy (non-hydrogen) atoms. The Hall–Kier alpha value is -2.11. The zero-order valence-corrected chi connectivity index (χ0v) is 16.1. The van der Waals surface area contributed by atoms with Gasteiger partial charge in [0.05, 0.1) is 7.11 Å². The molecule has 0 atom stereocenters. The van der Waals surface area contributed by atoms with E-state index in [-0.39, 0.29) is 0 Å². The molecule has 1 N–H and O–H groups in total. The monoisotopic (exact) mass is 357 g/mol. The summed E-state index contributed by atoms with van der Waals surface area (Å²) in [6.45, 7) is 2.75. The Balaban J connectivity index is 2.02. The molecule has 2 rings (SSSR count). The predicted octanol–water partition coefficient (Wildman–Crippen LogP) is 3.85. The number of ether oxygens (including phenoxy) is 1. The topological polar surface area (TPSA) is 27.7 Å². The molecular weight excluding hydrogens is 330 g/mol. The van der Waals surface area contributed by atoms with E-state index in [0.29, 0.717) is 0 Å². The molecular formula is C20H27N3OS. The van der Waals surface area contributed by atoms with Crippen molar-refractivity contribution in [1.29, 1.82) is 0 Å². The number of rotatable bonds is 8. The second kappa shape index (κ2) is 10.0. The first kappa shape index (κ1) is 19.2. The molecule has 0 spiro atoms. The van der Waals surface area contributed by atoms with E-state index in [4.69, 9.17) is 17.0 Å². The number of anilines is 1. The summed E-state index contributed by atoms with van der Waals surface area (Å²) in [6, 6.07) is 18.2. The first-order valence-electron chi connectivity index (χ1n) is 8.47. The Labute approximate surface area is 156 Å². The van der Waals surface area contributed by atoms with Crippen molar-refractivity contribution < 1.29 is 4.74 Å². The van der Waals surface area contributed by atoms with Crippen LogP contribution >= 0.6 is 12.2 Å². The van der Waals surface area contributed by atoms with Gasteiger partial charge in [0.15, 0.2) is 5.11 Å². The standard InChI is InChI=1S/C20H27N3OS/c1-22(2)14-7-15-23(16-17-8-5-4-6-9-17)20(25)21-18-10-12-19(24-3)13-11-18/h4-6,8-13H,7,14-16H2,1-3H3,(H,21,25). The molecule has 0 saturated carbocycles. The second-order valence-corrected chi connectivity index (χ2v) is 6.61. The van der Waals surface area contributed by atoms with Crippen LogP contribution in [0.3, 0.4) is 0 Å². The summed E-state index contributed by atoms with van der Waals surface area (Å²) in [7, 11) is 5.85. The minimum Gasteiger partial charge on any atom is -0.497 e. The average molecular weight is 358 g/mol. The van der Waals surface area contributed by atoms with Crippen molar-refractivity contribution in [3.63, 3.8) is 0 Å². The number of thiocarbonyl (C=S) groups is 1. The normalized spacial score (nSPS) is 10.6. The molecule has 0 aromatic heterocycles. The molecule has 0 unspecified atom stereocenters. The minimum absolute atomic E-state index is 0.743. The Morgan fingerprint density at radius 1 is 1.00 bits per heavy atom. The molecule has 134 valence electrons. The van der Waals surface area contributed by atoms with Gasteiger partial charge in [-0.1, -0.05) is 30.3 Å². The Morgan fingerprint density at radius 2 is 1.68 bits per heavy atom. The fourth-order valence-electron chi connectivity index (χ4n) is 2.51. The maximum absolute atomic E-state index is 5.67. The number of benzene rings is 2. The van der Waals surface area contributed by atoms with Crippen LogP contribution in [0.4, 0.5) is 5.69 Å². The molecule has 0 bridgehead atoms. The van der Waals surface area contributed by atoms with Crippen molar-refractivity contribution in [2.24, 2.45) is 0 Å². The number of nitrogens with zero attached hydrogens (tertiary/aromatic N) is 2. The zero-order valence-electron chi connectivity index (χ0n) is 15.2. The largest absolute Gasteiger partial charge is 0.497 e. The van der Waals surface area contributed by atoms with Crippen LogP contribution in [0.15, 0.2) is 54.6 Å². The van der Waals surface area contributed by atoms with E-state index in [2.05, 4.69) is 53.5 Å². The summed E-state index contributed by atoms with van der Waals surface area (Å²) in [5.41, 5.74) is 2.22. The summed E-state index contributed by atoms with van der Waals surface area (Å²) in [6.07, 6.45) is 1.06. The lowest BCUT2D eigenvalue weighted by molar-refractivity contribution is 0.346. The van der Waals surface area contributed by atoms with Crippen LogP contribution in [-0.2, 0) is 6.54 Å². The van der Waals surface area contributed by atoms with Gasteiger partial charge in [0.25, 0.3) is 0 Å². The van der Waals surface area contributed by atoms with Crippen molar-refractivity contribution in [1.82, 2.24) is 9.80 Å². The van der Waals surface area contributed by atoms with Crippen LogP contribution in [0.5, 0.6) is 5.75 Å². The van der Waals surface area contributed by atoms with Gasteiger partial charge in [0, 0.05) is 18.8 Å². The molecule has 0 saturated heterocycles. The van der Waals surface area contributed by atoms with Gasteiger partial charge in [-0.2, -0.15) is 0 Å². The number of nitrogens with one attached hydrogen (secondary N) is 1. The van der Waals surface area contributed by atoms with E-state index in [9.17, 15) is 0 Å². The summed E-state index contributed by atoms with van der Waals surface area (Å²) in [4.78, 5) is 4.42. The highest BCUT2D eigenvalue weighted by atomic mass is 32.1. The lowest BCUT2D eigenvalue weighted by atomic mass is 10.2. The van der Waals surface area contributed by atoms with Gasteiger partial charge >= 0.3 is 0 Å². The first-order valence-corrected chi connectivity index (χ1v) is 8.88. The van der Waals surface area contributed by atoms with Crippen LogP contribution in [-0.4, -0.2) is 49.2 Å². The highest BCUT2D eigenvalue weighted by molar-refractivity contribution is 7.80. The second-order valence-electron chi connectivity index (χ2n) is 6.22. The van der Waals surface area contributed by atoms with E-state index >= 15 is 0 Å². The van der Waals surface area contributed by atoms with Crippen molar-refractivity contribution in [3.05, 3.63) is 60.2 Å². The average Bonchev–Trinajstić information content (AvgIpc) is 2.62. The van der Waals surface area contributed by atoms with Crippen LogP contribution in [0.25, 0.3) is 0 Å².